The van der Waals surface area contributed by atoms with Gasteiger partial charge in [-0.2, -0.15) is 10.4 Å². The van der Waals surface area contributed by atoms with Gasteiger partial charge in [-0.1, -0.05) is 12.1 Å². The second kappa shape index (κ2) is 10.9. The van der Waals surface area contributed by atoms with Gasteiger partial charge in [-0.05, 0) is 62.9 Å². The lowest BCUT2D eigenvalue weighted by Crippen LogP contribution is -2.50. The molecule has 4 atom stereocenters. The fourth-order valence-electron chi connectivity index (χ4n) is 5.87. The van der Waals surface area contributed by atoms with Gasteiger partial charge in [0.25, 0.3) is 0 Å². The molecule has 2 fully saturated rings. The van der Waals surface area contributed by atoms with Gasteiger partial charge in [-0.25, -0.2) is 17.8 Å². The van der Waals surface area contributed by atoms with Crippen LogP contribution in [0.15, 0.2) is 36.4 Å². The highest BCUT2D eigenvalue weighted by molar-refractivity contribution is 7.91. The van der Waals surface area contributed by atoms with E-state index in [4.69, 9.17) is 10.7 Å². The number of anilines is 1. The molecule has 3 unspecified atom stereocenters. The molecule has 0 spiro atoms. The van der Waals surface area contributed by atoms with Crippen LogP contribution in [0.5, 0.6) is 0 Å². The number of nitrogens with zero attached hydrogens (tertiary/aromatic N) is 5. The zero-order chi connectivity index (χ0) is 28.7. The third kappa shape index (κ3) is 5.20. The fraction of sp³-hybridized carbons (Fsp3) is 0.464. The molecule has 1 amide bonds. The van der Waals surface area contributed by atoms with E-state index < -0.39 is 39.2 Å². The first-order chi connectivity index (χ1) is 19.0. The fourth-order valence-corrected chi connectivity index (χ4v) is 8.17. The summed E-state index contributed by atoms with van der Waals surface area (Å²) in [6, 6.07) is 13.6. The minimum atomic E-state index is -3.00. The number of benzene rings is 1. The number of thiazole rings is 1. The lowest BCUT2D eigenvalue weighted by atomic mass is 9.58. The number of hydrogen-bond donors (Lipinski definition) is 1. The van der Waals surface area contributed by atoms with Crippen molar-refractivity contribution in [3.05, 3.63) is 47.8 Å². The van der Waals surface area contributed by atoms with Crippen LogP contribution in [0.25, 0.3) is 21.1 Å². The Bertz CT molecular complexity index is 1540. The first kappa shape index (κ1) is 28.1. The van der Waals surface area contributed by atoms with E-state index in [0.717, 1.165) is 21.8 Å². The Morgan fingerprint density at radius 3 is 2.48 bits per heavy atom. The molecule has 9 nitrogen and oxygen atoms in total. The largest absolute Gasteiger partial charge is 0.369 e. The Balaban J connectivity index is 1.60. The molecule has 40 heavy (non-hydrogen) atoms. The molecule has 3 aromatic rings. The maximum atomic E-state index is 14.8. The number of carbonyl (C=O) groups is 1. The van der Waals surface area contributed by atoms with Gasteiger partial charge in [0, 0.05) is 24.7 Å². The number of alkyl halides is 1. The molecule has 2 aliphatic rings. The van der Waals surface area contributed by atoms with Crippen LogP contribution in [0.4, 0.5) is 10.1 Å². The van der Waals surface area contributed by atoms with E-state index >= 15 is 0 Å². The third-order valence-corrected chi connectivity index (χ3v) is 11.0. The van der Waals surface area contributed by atoms with Crippen LogP contribution in [0, 0.1) is 29.6 Å². The summed E-state index contributed by atoms with van der Waals surface area (Å²) in [4.78, 5) is 20.8. The summed E-state index contributed by atoms with van der Waals surface area (Å²) in [7, 11) is -3.00. The summed E-state index contributed by atoms with van der Waals surface area (Å²) in [6.45, 7) is 4.34. The van der Waals surface area contributed by atoms with Crippen LogP contribution in [0.1, 0.15) is 43.5 Å². The van der Waals surface area contributed by atoms with Crippen molar-refractivity contribution in [3.63, 3.8) is 0 Å². The monoisotopic (exact) mass is 582 g/mol. The smallest absolute Gasteiger partial charge is 0.225 e. The highest BCUT2D eigenvalue weighted by Gasteiger charge is 2.54. The Morgan fingerprint density at radius 1 is 1.18 bits per heavy atom. The summed E-state index contributed by atoms with van der Waals surface area (Å²) in [6.07, 6.45) is -0.802. The summed E-state index contributed by atoms with van der Waals surface area (Å²) in [5.74, 6) is -1.82. The summed E-state index contributed by atoms with van der Waals surface area (Å²) < 4.78 is 38.6. The van der Waals surface area contributed by atoms with Gasteiger partial charge in [0.1, 0.15) is 16.9 Å². The average Bonchev–Trinajstić information content (AvgIpc) is 3.38. The first-order valence-corrected chi connectivity index (χ1v) is 15.9. The van der Waals surface area contributed by atoms with E-state index in [2.05, 4.69) is 16.3 Å². The first-order valence-electron chi connectivity index (χ1n) is 13.2. The number of primary amides is 1. The van der Waals surface area contributed by atoms with Gasteiger partial charge >= 0.3 is 0 Å². The Labute approximate surface area is 237 Å². The Morgan fingerprint density at radius 2 is 1.88 bits per heavy atom. The third-order valence-electron chi connectivity index (χ3n) is 8.21. The van der Waals surface area contributed by atoms with E-state index in [-0.39, 0.29) is 24.3 Å². The van der Waals surface area contributed by atoms with Crippen LogP contribution in [-0.4, -0.2) is 60.3 Å². The highest BCUT2D eigenvalue weighted by atomic mass is 32.2. The van der Waals surface area contributed by atoms with E-state index in [1.165, 1.54) is 11.3 Å². The minimum Gasteiger partial charge on any atom is -0.369 e. The van der Waals surface area contributed by atoms with E-state index in [1.807, 2.05) is 48.2 Å². The predicted molar refractivity (Wildman–Crippen MR) is 152 cm³/mol. The van der Waals surface area contributed by atoms with Crippen molar-refractivity contribution in [2.45, 2.75) is 45.2 Å². The molecule has 0 radical (unpaired) electrons. The lowest BCUT2D eigenvalue weighted by Gasteiger charge is -2.44. The Kier molecular flexibility index (Phi) is 7.63. The summed E-state index contributed by atoms with van der Waals surface area (Å²) >= 11 is 1.40. The Hall–Kier alpha value is -3.43. The molecule has 1 aliphatic carbocycles. The number of nitrogens with two attached hydrogens (primary N) is 1. The van der Waals surface area contributed by atoms with Crippen molar-refractivity contribution in [2.24, 2.45) is 17.1 Å². The molecule has 1 aromatic carbocycles. The number of aromatic nitrogens is 3. The minimum absolute atomic E-state index is 0.123. The molecule has 1 aliphatic heterocycles. The molecule has 1 saturated carbocycles. The molecular formula is C28H31FN6O3S2. The number of nitriles is 1. The molecule has 5 rings (SSSR count). The molecule has 2 N–H and O–H groups in total. The van der Waals surface area contributed by atoms with E-state index in [9.17, 15) is 22.9 Å². The molecule has 0 bridgehead atoms. The van der Waals surface area contributed by atoms with Crippen LogP contribution in [0.2, 0.25) is 0 Å². The van der Waals surface area contributed by atoms with Gasteiger partial charge < -0.3 is 10.6 Å². The van der Waals surface area contributed by atoms with Gasteiger partial charge in [0.2, 0.25) is 5.91 Å². The van der Waals surface area contributed by atoms with Crippen LogP contribution in [0.3, 0.4) is 0 Å². The van der Waals surface area contributed by atoms with Crippen molar-refractivity contribution in [2.75, 3.05) is 29.5 Å². The SMILES string of the molecule is Cc1ccc(-c2nc(C3CCC(F)CC3(C(N)=O)[C@H](C)C#N)c(-c3ccc(N4CCS(=O)(=O)CC4)cc3)s2)nn1. The molecule has 1 saturated heterocycles. The van der Waals surface area contributed by atoms with Crippen molar-refractivity contribution < 1.29 is 17.6 Å². The molecule has 2 aromatic heterocycles. The molecular weight excluding hydrogens is 551 g/mol. The van der Waals surface area contributed by atoms with Gasteiger partial charge in [-0.3, -0.25) is 4.79 Å². The number of rotatable bonds is 6. The van der Waals surface area contributed by atoms with Crippen molar-refractivity contribution in [1.29, 1.82) is 5.26 Å². The average molecular weight is 583 g/mol. The van der Waals surface area contributed by atoms with Crippen LogP contribution >= 0.6 is 11.3 Å². The molecule has 210 valence electrons. The normalized spacial score (nSPS) is 25.2. The zero-order valence-corrected chi connectivity index (χ0v) is 24.0. The van der Waals surface area contributed by atoms with E-state index in [0.29, 0.717) is 35.9 Å². The number of amides is 1. The summed E-state index contributed by atoms with van der Waals surface area (Å²) in [5, 5.41) is 18.9. The highest BCUT2D eigenvalue weighted by Crippen LogP contribution is 2.55. The maximum absolute atomic E-state index is 14.8. The maximum Gasteiger partial charge on any atom is 0.225 e. The number of sulfone groups is 1. The predicted octanol–water partition coefficient (Wildman–Crippen LogP) is 4.05. The van der Waals surface area contributed by atoms with Crippen LogP contribution < -0.4 is 10.6 Å². The topological polar surface area (TPSA) is 143 Å². The van der Waals surface area contributed by atoms with Crippen molar-refractivity contribution in [3.8, 4) is 27.2 Å². The number of carbonyl (C=O) groups excluding carboxylic acids is 1. The second-order valence-corrected chi connectivity index (χ2v) is 14.0. The van der Waals surface area contributed by atoms with Crippen molar-refractivity contribution >= 4 is 32.8 Å². The number of hydrogen-bond acceptors (Lipinski definition) is 9. The molecule has 3 heterocycles. The van der Waals surface area contributed by atoms with Gasteiger partial charge in [0.15, 0.2) is 9.84 Å². The molecule has 12 heteroatoms. The summed E-state index contributed by atoms with van der Waals surface area (Å²) in [5.41, 5.74) is 8.25. The van der Waals surface area contributed by atoms with E-state index in [1.54, 1.807) is 6.92 Å². The van der Waals surface area contributed by atoms with Crippen molar-refractivity contribution in [1.82, 2.24) is 15.2 Å². The zero-order valence-electron chi connectivity index (χ0n) is 22.4. The number of aryl methyl sites for hydroxylation is 1. The van der Waals surface area contributed by atoms with Gasteiger partial charge in [-0.15, -0.1) is 16.4 Å². The van der Waals surface area contributed by atoms with Crippen LogP contribution in [-0.2, 0) is 14.6 Å². The van der Waals surface area contributed by atoms with Gasteiger partial charge in [0.05, 0.1) is 45.2 Å². The number of halogens is 1. The second-order valence-electron chi connectivity index (χ2n) is 10.7. The lowest BCUT2D eigenvalue weighted by molar-refractivity contribution is -0.135. The standard InChI is InChI=1S/C28H31FN6O3S2/c1-17(16-30)28(27(31)36)15-20(29)6-9-22(28)24-25(39-26(32-24)23-10-3-18(2)33-34-23)19-4-7-21(8-5-19)35-11-13-40(37,38)14-12-35/h3-5,7-8,10,17,20,22H,6,9,11-15H2,1-2H3,(H2,31,36)/t17-,20?,22?,28?/m1/s1. The quantitative estimate of drug-likeness (QED) is 0.459.